The fourth-order valence-electron chi connectivity index (χ4n) is 4.67. The number of amides is 1. The van der Waals surface area contributed by atoms with Crippen LogP contribution in [-0.2, 0) is 19.1 Å². The molecule has 0 spiro atoms. The Labute approximate surface area is 200 Å². The van der Waals surface area contributed by atoms with Gasteiger partial charge in [0.25, 0.3) is 5.91 Å². The molecule has 2 heterocycles. The standard InChI is InChI=1S/C26H24F3N5O/c1-17-8-5-6-12-22(17)34-24(26(27,28)29)20(15-31-34)25(35)32-21-11-7-13-23-19(21)14-30-33(23)16-18-9-3-2-4-10-18/h2-6,8-10,12,14-15,21H,7,11,13,16H2,1H3,(H,32,35). The van der Waals surface area contributed by atoms with E-state index in [1.807, 2.05) is 35.0 Å². The Bertz CT molecular complexity index is 1360. The molecule has 4 aromatic rings. The van der Waals surface area contributed by atoms with Gasteiger partial charge < -0.3 is 5.32 Å². The molecule has 35 heavy (non-hydrogen) atoms. The van der Waals surface area contributed by atoms with Gasteiger partial charge in [0, 0.05) is 11.3 Å². The van der Waals surface area contributed by atoms with Crippen molar-refractivity contribution in [1.29, 1.82) is 0 Å². The maximum Gasteiger partial charge on any atom is 0.434 e. The number of para-hydroxylation sites is 1. The van der Waals surface area contributed by atoms with E-state index in [1.54, 1.807) is 37.4 Å². The first-order valence-electron chi connectivity index (χ1n) is 11.4. The highest BCUT2D eigenvalue weighted by Crippen LogP contribution is 2.35. The van der Waals surface area contributed by atoms with Crippen molar-refractivity contribution >= 4 is 5.91 Å². The van der Waals surface area contributed by atoms with Crippen molar-refractivity contribution in [3.63, 3.8) is 0 Å². The number of carbonyl (C=O) groups is 1. The van der Waals surface area contributed by atoms with Gasteiger partial charge in [0.15, 0.2) is 5.69 Å². The second kappa shape index (κ2) is 9.05. The molecule has 9 heteroatoms. The summed E-state index contributed by atoms with van der Waals surface area (Å²) >= 11 is 0. The van der Waals surface area contributed by atoms with Crippen molar-refractivity contribution in [3.05, 3.63) is 101 Å². The van der Waals surface area contributed by atoms with Crippen LogP contribution in [0, 0.1) is 6.92 Å². The molecule has 5 rings (SSSR count). The molecule has 1 N–H and O–H groups in total. The molecule has 1 unspecified atom stereocenters. The van der Waals surface area contributed by atoms with Gasteiger partial charge in [0.2, 0.25) is 0 Å². The summed E-state index contributed by atoms with van der Waals surface area (Å²) in [4.78, 5) is 13.1. The number of carbonyl (C=O) groups excluding carboxylic acids is 1. The first-order chi connectivity index (χ1) is 16.8. The summed E-state index contributed by atoms with van der Waals surface area (Å²) in [5.74, 6) is -0.800. The number of hydrogen-bond acceptors (Lipinski definition) is 3. The second-order valence-electron chi connectivity index (χ2n) is 8.71. The van der Waals surface area contributed by atoms with Crippen molar-refractivity contribution in [2.24, 2.45) is 0 Å². The molecule has 0 radical (unpaired) electrons. The van der Waals surface area contributed by atoms with Gasteiger partial charge in [0.05, 0.1) is 36.2 Å². The van der Waals surface area contributed by atoms with Crippen LogP contribution >= 0.6 is 0 Å². The molecule has 6 nitrogen and oxygen atoms in total. The van der Waals surface area contributed by atoms with Crippen LogP contribution in [0.25, 0.3) is 5.69 Å². The molecule has 0 saturated heterocycles. The summed E-state index contributed by atoms with van der Waals surface area (Å²) in [6, 6.07) is 16.1. The first kappa shape index (κ1) is 22.9. The Hall–Kier alpha value is -3.88. The van der Waals surface area contributed by atoms with Crippen molar-refractivity contribution < 1.29 is 18.0 Å². The normalized spacial score (nSPS) is 15.6. The van der Waals surface area contributed by atoms with Gasteiger partial charge in [-0.3, -0.25) is 9.48 Å². The van der Waals surface area contributed by atoms with Gasteiger partial charge in [-0.05, 0) is 43.4 Å². The number of nitrogens with zero attached hydrogens (tertiary/aromatic N) is 4. The van der Waals surface area contributed by atoms with Crippen LogP contribution in [-0.4, -0.2) is 25.5 Å². The molecule has 180 valence electrons. The highest BCUT2D eigenvalue weighted by Gasteiger charge is 2.41. The third-order valence-corrected chi connectivity index (χ3v) is 6.37. The van der Waals surface area contributed by atoms with Crippen LogP contribution in [0.3, 0.4) is 0 Å². The third kappa shape index (κ3) is 4.45. The van der Waals surface area contributed by atoms with Gasteiger partial charge in [-0.15, -0.1) is 0 Å². The lowest BCUT2D eigenvalue weighted by molar-refractivity contribution is -0.143. The lowest BCUT2D eigenvalue weighted by Crippen LogP contribution is -2.32. The van der Waals surface area contributed by atoms with Crippen LogP contribution in [0.15, 0.2) is 67.0 Å². The molecule has 1 atom stereocenters. The number of benzene rings is 2. The van der Waals surface area contributed by atoms with E-state index in [4.69, 9.17) is 0 Å². The number of aryl methyl sites for hydroxylation is 1. The van der Waals surface area contributed by atoms with Gasteiger partial charge in [-0.25, -0.2) is 4.68 Å². The summed E-state index contributed by atoms with van der Waals surface area (Å²) < 4.78 is 45.0. The zero-order chi connectivity index (χ0) is 24.6. The zero-order valence-corrected chi connectivity index (χ0v) is 19.1. The van der Waals surface area contributed by atoms with E-state index in [9.17, 15) is 18.0 Å². The number of aromatic nitrogens is 4. The van der Waals surface area contributed by atoms with E-state index in [1.165, 1.54) is 0 Å². The van der Waals surface area contributed by atoms with Crippen molar-refractivity contribution in [2.45, 2.75) is 44.9 Å². The SMILES string of the molecule is Cc1ccccc1-n1ncc(C(=O)NC2CCCc3c2cnn3Cc2ccccc2)c1C(F)(F)F. The Kier molecular flexibility index (Phi) is 5.92. The molecule has 0 fully saturated rings. The minimum atomic E-state index is -4.76. The average Bonchev–Trinajstić information content (AvgIpc) is 3.46. The fourth-order valence-corrected chi connectivity index (χ4v) is 4.67. The summed E-state index contributed by atoms with van der Waals surface area (Å²) in [7, 11) is 0. The summed E-state index contributed by atoms with van der Waals surface area (Å²) in [6.45, 7) is 2.30. The Balaban J connectivity index is 1.43. The number of fused-ring (bicyclic) bond motifs is 1. The number of hydrogen-bond donors (Lipinski definition) is 1. The Morgan fingerprint density at radius 1 is 1.06 bits per heavy atom. The van der Waals surface area contributed by atoms with E-state index >= 15 is 0 Å². The van der Waals surface area contributed by atoms with E-state index < -0.39 is 29.4 Å². The monoisotopic (exact) mass is 479 g/mol. The van der Waals surface area contributed by atoms with Crippen LogP contribution in [0.1, 0.15) is 57.3 Å². The van der Waals surface area contributed by atoms with E-state index in [0.29, 0.717) is 18.5 Å². The predicted octanol–water partition coefficient (Wildman–Crippen LogP) is 5.25. The topological polar surface area (TPSA) is 64.7 Å². The van der Waals surface area contributed by atoms with E-state index in [0.717, 1.165) is 40.5 Å². The molecule has 0 aliphatic heterocycles. The van der Waals surface area contributed by atoms with Gasteiger partial charge >= 0.3 is 6.18 Å². The summed E-state index contributed by atoms with van der Waals surface area (Å²) in [5.41, 5.74) is 2.27. The molecule has 2 aromatic heterocycles. The maximum atomic E-state index is 14.1. The first-order valence-corrected chi connectivity index (χ1v) is 11.4. The molecule has 1 aliphatic carbocycles. The molecule has 1 amide bonds. The number of nitrogens with one attached hydrogen (secondary N) is 1. The number of halogens is 3. The van der Waals surface area contributed by atoms with Crippen molar-refractivity contribution in [3.8, 4) is 5.69 Å². The van der Waals surface area contributed by atoms with Crippen LogP contribution in [0.2, 0.25) is 0 Å². The molecule has 0 bridgehead atoms. The zero-order valence-electron chi connectivity index (χ0n) is 19.1. The maximum absolute atomic E-state index is 14.1. The average molecular weight is 480 g/mol. The lowest BCUT2D eigenvalue weighted by atomic mass is 9.92. The van der Waals surface area contributed by atoms with Gasteiger partial charge in [0.1, 0.15) is 0 Å². The molecule has 2 aromatic carbocycles. The minimum Gasteiger partial charge on any atom is -0.345 e. The van der Waals surface area contributed by atoms with Crippen molar-refractivity contribution in [2.75, 3.05) is 0 Å². The predicted molar refractivity (Wildman–Crippen MR) is 124 cm³/mol. The molecule has 0 saturated carbocycles. The number of rotatable bonds is 5. The van der Waals surface area contributed by atoms with E-state index in [2.05, 4.69) is 15.5 Å². The number of alkyl halides is 3. The molecule has 1 aliphatic rings. The quantitative estimate of drug-likeness (QED) is 0.425. The smallest absolute Gasteiger partial charge is 0.345 e. The minimum absolute atomic E-state index is 0.279. The largest absolute Gasteiger partial charge is 0.434 e. The second-order valence-corrected chi connectivity index (χ2v) is 8.71. The van der Waals surface area contributed by atoms with Crippen LogP contribution in [0.4, 0.5) is 13.2 Å². The highest BCUT2D eigenvalue weighted by atomic mass is 19.4. The highest BCUT2D eigenvalue weighted by molar-refractivity contribution is 5.95. The van der Waals surface area contributed by atoms with Gasteiger partial charge in [-0.1, -0.05) is 48.5 Å². The van der Waals surface area contributed by atoms with Crippen molar-refractivity contribution in [1.82, 2.24) is 24.9 Å². The van der Waals surface area contributed by atoms with Gasteiger partial charge in [-0.2, -0.15) is 23.4 Å². The molecular formula is C26H24F3N5O. The van der Waals surface area contributed by atoms with E-state index in [-0.39, 0.29) is 5.69 Å². The summed E-state index contributed by atoms with van der Waals surface area (Å²) in [6.07, 6.45) is 0.171. The third-order valence-electron chi connectivity index (χ3n) is 6.37. The van der Waals surface area contributed by atoms with Crippen LogP contribution < -0.4 is 5.32 Å². The fraction of sp³-hybridized carbons (Fsp3) is 0.269. The van der Waals surface area contributed by atoms with Crippen LogP contribution in [0.5, 0.6) is 0 Å². The Morgan fingerprint density at radius 2 is 1.80 bits per heavy atom. The Morgan fingerprint density at radius 3 is 2.54 bits per heavy atom. The lowest BCUT2D eigenvalue weighted by Gasteiger charge is -2.24. The summed E-state index contributed by atoms with van der Waals surface area (Å²) in [5, 5.41) is 11.3. The molecular weight excluding hydrogens is 455 g/mol.